The predicted molar refractivity (Wildman–Crippen MR) is 86.7 cm³/mol. The second-order valence-electron chi connectivity index (χ2n) is 5.53. The Hall–Kier alpha value is -1.65. The van der Waals surface area contributed by atoms with Crippen LogP contribution >= 0.6 is 11.3 Å². The number of benzene rings is 1. The van der Waals surface area contributed by atoms with Crippen LogP contribution in [-0.4, -0.2) is 29.9 Å². The van der Waals surface area contributed by atoms with Crippen LogP contribution in [0, 0.1) is 0 Å². The molecular weight excluding hydrogens is 280 g/mol. The zero-order chi connectivity index (χ0) is 14.7. The van der Waals surface area contributed by atoms with Gasteiger partial charge in [0.2, 0.25) is 0 Å². The largest absolute Gasteiger partial charge is 0.350 e. The van der Waals surface area contributed by atoms with Crippen LogP contribution < -0.4 is 5.32 Å². The fourth-order valence-corrected chi connectivity index (χ4v) is 3.40. The highest BCUT2D eigenvalue weighted by molar-refractivity contribution is 7.12. The number of hydrogen-bond donors (Lipinski definition) is 1. The van der Waals surface area contributed by atoms with Crippen molar-refractivity contribution in [1.82, 2.24) is 10.2 Å². The molecule has 1 amide bonds. The van der Waals surface area contributed by atoms with Crippen molar-refractivity contribution in [3.8, 4) is 0 Å². The first kappa shape index (κ1) is 14.3. The second-order valence-corrected chi connectivity index (χ2v) is 6.47. The van der Waals surface area contributed by atoms with Gasteiger partial charge in [-0.15, -0.1) is 11.3 Å². The minimum atomic E-state index is 0.0364. The maximum atomic E-state index is 12.0. The number of rotatable bonds is 4. The van der Waals surface area contributed by atoms with E-state index in [-0.39, 0.29) is 5.91 Å². The third-order valence-electron chi connectivity index (χ3n) is 4.09. The van der Waals surface area contributed by atoms with Crippen LogP contribution in [0.15, 0.2) is 41.8 Å². The smallest absolute Gasteiger partial charge is 0.261 e. The van der Waals surface area contributed by atoms with Gasteiger partial charge in [-0.3, -0.25) is 9.69 Å². The van der Waals surface area contributed by atoms with Gasteiger partial charge in [0, 0.05) is 25.7 Å². The molecule has 1 aromatic heterocycles. The molecule has 0 spiro atoms. The number of nitrogens with zero attached hydrogens (tertiary/aromatic N) is 1. The first-order valence-corrected chi connectivity index (χ1v) is 8.24. The normalized spacial score (nSPS) is 16.2. The Labute approximate surface area is 129 Å². The van der Waals surface area contributed by atoms with Crippen molar-refractivity contribution in [3.05, 3.63) is 57.8 Å². The zero-order valence-corrected chi connectivity index (χ0v) is 13.0. The van der Waals surface area contributed by atoms with Crippen LogP contribution in [-0.2, 0) is 13.0 Å². The van der Waals surface area contributed by atoms with Gasteiger partial charge in [0.15, 0.2) is 0 Å². The van der Waals surface area contributed by atoms with Gasteiger partial charge in [-0.2, -0.15) is 0 Å². The van der Waals surface area contributed by atoms with Gasteiger partial charge in [0.25, 0.3) is 5.91 Å². The number of carbonyl (C=O) groups is 1. The van der Waals surface area contributed by atoms with E-state index < -0.39 is 0 Å². The lowest BCUT2D eigenvalue weighted by molar-refractivity contribution is 0.0936. The van der Waals surface area contributed by atoms with E-state index in [0.717, 1.165) is 24.4 Å². The Morgan fingerprint density at radius 2 is 2.10 bits per heavy atom. The van der Waals surface area contributed by atoms with E-state index in [9.17, 15) is 4.79 Å². The Kier molecular flexibility index (Phi) is 4.36. The fraction of sp³-hybridized carbons (Fsp3) is 0.353. The molecule has 0 unspecified atom stereocenters. The van der Waals surface area contributed by atoms with Gasteiger partial charge in [-0.1, -0.05) is 30.3 Å². The maximum absolute atomic E-state index is 12.0. The highest BCUT2D eigenvalue weighted by Gasteiger charge is 2.20. The summed E-state index contributed by atoms with van der Waals surface area (Å²) in [5, 5.41) is 4.97. The lowest BCUT2D eigenvalue weighted by atomic mass is 9.99. The summed E-state index contributed by atoms with van der Waals surface area (Å²) in [4.78, 5) is 15.2. The molecule has 0 aliphatic carbocycles. The number of hydrogen-bond acceptors (Lipinski definition) is 3. The number of fused-ring (bicyclic) bond motifs is 1. The molecule has 1 aliphatic heterocycles. The molecule has 0 bridgehead atoms. The van der Waals surface area contributed by atoms with E-state index in [4.69, 9.17) is 0 Å². The predicted octanol–water partition coefficient (Wildman–Crippen LogP) is 2.92. The summed E-state index contributed by atoms with van der Waals surface area (Å²) in [6.07, 6.45) is 1.10. The standard InChI is InChI=1S/C17H20N2OS/c1-13(11-18-17(20)16-7-4-10-21-16)19-9-8-14-5-2-3-6-15(14)12-19/h2-7,10,13H,8-9,11-12H2,1H3,(H,18,20)/t13-/m0/s1. The Bertz CT molecular complexity index is 609. The zero-order valence-electron chi connectivity index (χ0n) is 12.2. The summed E-state index contributed by atoms with van der Waals surface area (Å²) in [5.41, 5.74) is 2.88. The number of nitrogens with one attached hydrogen (secondary N) is 1. The Balaban J connectivity index is 1.55. The van der Waals surface area contributed by atoms with Crippen molar-refractivity contribution in [2.45, 2.75) is 25.9 Å². The molecule has 1 aromatic carbocycles. The van der Waals surface area contributed by atoms with Crippen molar-refractivity contribution in [2.75, 3.05) is 13.1 Å². The highest BCUT2D eigenvalue weighted by Crippen LogP contribution is 2.20. The van der Waals surface area contributed by atoms with E-state index >= 15 is 0 Å². The topological polar surface area (TPSA) is 32.3 Å². The summed E-state index contributed by atoms with van der Waals surface area (Å²) in [6, 6.07) is 12.8. The van der Waals surface area contributed by atoms with Crippen LogP contribution in [0.5, 0.6) is 0 Å². The molecule has 110 valence electrons. The van der Waals surface area contributed by atoms with Crippen molar-refractivity contribution in [1.29, 1.82) is 0 Å². The quantitative estimate of drug-likeness (QED) is 0.941. The minimum absolute atomic E-state index is 0.0364. The molecule has 3 nitrogen and oxygen atoms in total. The minimum Gasteiger partial charge on any atom is -0.350 e. The molecule has 21 heavy (non-hydrogen) atoms. The van der Waals surface area contributed by atoms with E-state index in [2.05, 4.69) is 41.4 Å². The van der Waals surface area contributed by atoms with Crippen molar-refractivity contribution in [2.24, 2.45) is 0 Å². The van der Waals surface area contributed by atoms with Crippen LogP contribution in [0.2, 0.25) is 0 Å². The molecule has 3 rings (SSSR count). The van der Waals surface area contributed by atoms with Crippen LogP contribution in [0.3, 0.4) is 0 Å². The van der Waals surface area contributed by atoms with Gasteiger partial charge in [-0.05, 0) is 35.9 Å². The van der Waals surface area contributed by atoms with E-state index in [1.165, 1.54) is 22.5 Å². The second kappa shape index (κ2) is 6.41. The molecule has 2 heterocycles. The number of thiophene rings is 1. The van der Waals surface area contributed by atoms with Gasteiger partial charge >= 0.3 is 0 Å². The SMILES string of the molecule is C[C@@H](CNC(=O)c1cccs1)N1CCc2ccccc2C1. The summed E-state index contributed by atoms with van der Waals surface area (Å²) < 4.78 is 0. The molecule has 0 fully saturated rings. The lowest BCUT2D eigenvalue weighted by Gasteiger charge is -2.33. The molecule has 2 aromatic rings. The van der Waals surface area contributed by atoms with Crippen LogP contribution in [0.1, 0.15) is 27.7 Å². The molecule has 0 radical (unpaired) electrons. The molecule has 4 heteroatoms. The van der Waals surface area contributed by atoms with Crippen molar-refractivity contribution in [3.63, 3.8) is 0 Å². The first-order chi connectivity index (χ1) is 10.2. The highest BCUT2D eigenvalue weighted by atomic mass is 32.1. The molecule has 1 aliphatic rings. The molecule has 0 saturated heterocycles. The molecule has 1 N–H and O–H groups in total. The molecule has 0 saturated carbocycles. The van der Waals surface area contributed by atoms with Crippen molar-refractivity contribution < 1.29 is 4.79 Å². The van der Waals surface area contributed by atoms with E-state index in [0.29, 0.717) is 12.6 Å². The summed E-state index contributed by atoms with van der Waals surface area (Å²) in [6.45, 7) is 4.92. The van der Waals surface area contributed by atoms with Gasteiger partial charge in [0.1, 0.15) is 0 Å². The monoisotopic (exact) mass is 300 g/mol. The fourth-order valence-electron chi connectivity index (χ4n) is 2.76. The lowest BCUT2D eigenvalue weighted by Crippen LogP contribution is -2.44. The summed E-state index contributed by atoms with van der Waals surface area (Å²) in [5.74, 6) is 0.0364. The maximum Gasteiger partial charge on any atom is 0.261 e. The van der Waals surface area contributed by atoms with Crippen LogP contribution in [0.25, 0.3) is 0 Å². The van der Waals surface area contributed by atoms with Crippen LogP contribution in [0.4, 0.5) is 0 Å². The Morgan fingerprint density at radius 3 is 2.86 bits per heavy atom. The average molecular weight is 300 g/mol. The Morgan fingerprint density at radius 1 is 1.29 bits per heavy atom. The molecule has 1 atom stereocenters. The third kappa shape index (κ3) is 3.34. The first-order valence-electron chi connectivity index (χ1n) is 7.36. The van der Waals surface area contributed by atoms with Gasteiger partial charge in [0.05, 0.1) is 4.88 Å². The van der Waals surface area contributed by atoms with E-state index in [1.807, 2.05) is 17.5 Å². The summed E-state index contributed by atoms with van der Waals surface area (Å²) >= 11 is 1.48. The van der Waals surface area contributed by atoms with Gasteiger partial charge in [-0.25, -0.2) is 0 Å². The van der Waals surface area contributed by atoms with Gasteiger partial charge < -0.3 is 5.32 Å². The van der Waals surface area contributed by atoms with E-state index in [1.54, 1.807) is 0 Å². The summed E-state index contributed by atoms with van der Waals surface area (Å²) in [7, 11) is 0. The number of carbonyl (C=O) groups excluding carboxylic acids is 1. The van der Waals surface area contributed by atoms with Crippen molar-refractivity contribution >= 4 is 17.2 Å². The molecular formula is C17H20N2OS. The third-order valence-corrected chi connectivity index (χ3v) is 4.96. The number of amides is 1. The average Bonchev–Trinajstić information content (AvgIpc) is 3.06.